The molecular weight excluding hydrogens is 280 g/mol. The average molecular weight is 302 g/mol. The van der Waals surface area contributed by atoms with Gasteiger partial charge in [0.2, 0.25) is 5.89 Å². The van der Waals surface area contributed by atoms with E-state index in [4.69, 9.17) is 9.15 Å². The van der Waals surface area contributed by atoms with E-state index in [-0.39, 0.29) is 12.1 Å². The zero-order valence-electron chi connectivity index (χ0n) is 13.2. The van der Waals surface area contributed by atoms with Gasteiger partial charge in [0.15, 0.2) is 0 Å². The van der Waals surface area contributed by atoms with Gasteiger partial charge in [0.1, 0.15) is 11.5 Å². The van der Waals surface area contributed by atoms with Crippen LogP contribution in [0.5, 0.6) is 5.75 Å². The Labute approximate surface area is 130 Å². The highest BCUT2D eigenvalue weighted by Crippen LogP contribution is 2.34. The van der Waals surface area contributed by atoms with Gasteiger partial charge in [-0.1, -0.05) is 12.1 Å². The Bertz CT molecular complexity index is 634. The first-order valence-electron chi connectivity index (χ1n) is 7.56. The highest BCUT2D eigenvalue weighted by molar-refractivity contribution is 5.31. The fourth-order valence-electron chi connectivity index (χ4n) is 3.03. The molecule has 5 nitrogen and oxygen atoms in total. The monoisotopic (exact) mass is 302 g/mol. The minimum atomic E-state index is -0.326. The normalized spacial score (nSPS) is 22.2. The second-order valence-electron chi connectivity index (χ2n) is 5.86. The maximum absolute atomic E-state index is 10.1. The first kappa shape index (κ1) is 15.1. The summed E-state index contributed by atoms with van der Waals surface area (Å²) in [5.41, 5.74) is 2.07. The fraction of sp³-hybridized carbons (Fsp3) is 0.471. The predicted molar refractivity (Wildman–Crippen MR) is 82.7 cm³/mol. The largest absolute Gasteiger partial charge is 0.497 e. The number of benzene rings is 1. The average Bonchev–Trinajstić information content (AvgIpc) is 3.02. The minimum Gasteiger partial charge on any atom is -0.497 e. The van der Waals surface area contributed by atoms with Crippen LogP contribution in [0.25, 0.3) is 0 Å². The Morgan fingerprint density at radius 3 is 2.91 bits per heavy atom. The lowest BCUT2D eigenvalue weighted by Gasteiger charge is -2.23. The molecule has 1 aliphatic rings. The van der Waals surface area contributed by atoms with Crippen LogP contribution in [0.15, 0.2) is 28.7 Å². The van der Waals surface area contributed by atoms with Crippen molar-refractivity contribution in [1.82, 2.24) is 9.88 Å². The molecule has 2 atom stereocenters. The van der Waals surface area contributed by atoms with E-state index in [0.717, 1.165) is 22.8 Å². The van der Waals surface area contributed by atoms with Crippen molar-refractivity contribution >= 4 is 0 Å². The lowest BCUT2D eigenvalue weighted by atomic mass is 10.0. The highest BCUT2D eigenvalue weighted by atomic mass is 16.5. The topological polar surface area (TPSA) is 58.7 Å². The first-order chi connectivity index (χ1) is 10.6. The number of nitrogens with zero attached hydrogens (tertiary/aromatic N) is 2. The number of rotatable bonds is 4. The molecule has 0 bridgehead atoms. The van der Waals surface area contributed by atoms with Crippen LogP contribution in [0.4, 0.5) is 0 Å². The summed E-state index contributed by atoms with van der Waals surface area (Å²) in [6.07, 6.45) is 0.389. The number of hydrogen-bond acceptors (Lipinski definition) is 5. The van der Waals surface area contributed by atoms with Gasteiger partial charge in [-0.15, -0.1) is 0 Å². The third-order valence-electron chi connectivity index (χ3n) is 4.27. The second kappa shape index (κ2) is 6.10. The molecule has 1 aromatic carbocycles. The quantitative estimate of drug-likeness (QED) is 0.941. The van der Waals surface area contributed by atoms with Crippen LogP contribution in [-0.2, 0) is 6.54 Å². The molecule has 0 unspecified atom stereocenters. The van der Waals surface area contributed by atoms with E-state index in [2.05, 4.69) is 16.0 Å². The Hall–Kier alpha value is -1.85. The van der Waals surface area contributed by atoms with Crippen molar-refractivity contribution in [3.05, 3.63) is 47.2 Å². The van der Waals surface area contributed by atoms with Crippen LogP contribution in [0, 0.1) is 13.8 Å². The van der Waals surface area contributed by atoms with Crippen molar-refractivity contribution < 1.29 is 14.3 Å². The number of aryl methyl sites for hydroxylation is 2. The van der Waals surface area contributed by atoms with Gasteiger partial charge in [0, 0.05) is 12.6 Å². The van der Waals surface area contributed by atoms with Gasteiger partial charge in [0.25, 0.3) is 0 Å². The molecule has 2 aromatic rings. The van der Waals surface area contributed by atoms with Crippen LogP contribution in [0.3, 0.4) is 0 Å². The van der Waals surface area contributed by atoms with E-state index in [1.807, 2.05) is 32.0 Å². The summed E-state index contributed by atoms with van der Waals surface area (Å²) < 4.78 is 11.0. The molecular formula is C17H22N2O3. The molecule has 1 saturated heterocycles. The molecule has 1 fully saturated rings. The van der Waals surface area contributed by atoms with Crippen LogP contribution in [-0.4, -0.2) is 34.7 Å². The van der Waals surface area contributed by atoms with Crippen LogP contribution in [0.2, 0.25) is 0 Å². The fourth-order valence-corrected chi connectivity index (χ4v) is 3.03. The molecule has 0 aliphatic carbocycles. The lowest BCUT2D eigenvalue weighted by molar-refractivity contribution is 0.167. The summed E-state index contributed by atoms with van der Waals surface area (Å²) >= 11 is 0. The van der Waals surface area contributed by atoms with Gasteiger partial charge in [-0.25, -0.2) is 4.98 Å². The molecule has 3 rings (SSSR count). The van der Waals surface area contributed by atoms with Gasteiger partial charge >= 0.3 is 0 Å². The Kier molecular flexibility index (Phi) is 4.18. The maximum atomic E-state index is 10.1. The summed E-state index contributed by atoms with van der Waals surface area (Å²) in [6, 6.07) is 8.17. The van der Waals surface area contributed by atoms with Gasteiger partial charge < -0.3 is 14.3 Å². The zero-order valence-corrected chi connectivity index (χ0v) is 13.2. The van der Waals surface area contributed by atoms with Crippen molar-refractivity contribution in [3.8, 4) is 5.75 Å². The number of hydrogen-bond donors (Lipinski definition) is 1. The van der Waals surface area contributed by atoms with Crippen LogP contribution < -0.4 is 4.74 Å². The number of methoxy groups -OCH3 is 1. The Morgan fingerprint density at radius 1 is 1.41 bits per heavy atom. The summed E-state index contributed by atoms with van der Waals surface area (Å²) in [6.45, 7) is 5.10. The summed E-state index contributed by atoms with van der Waals surface area (Å²) in [5.74, 6) is 2.39. The number of aliphatic hydroxyl groups is 1. The van der Waals surface area contributed by atoms with Crippen molar-refractivity contribution in [2.45, 2.75) is 39.0 Å². The summed E-state index contributed by atoms with van der Waals surface area (Å²) in [7, 11) is 1.67. The predicted octanol–water partition coefficient (Wildman–Crippen LogP) is 2.61. The maximum Gasteiger partial charge on any atom is 0.208 e. The molecule has 0 saturated carbocycles. The molecule has 5 heteroatoms. The summed E-state index contributed by atoms with van der Waals surface area (Å²) in [5, 5.41) is 10.1. The van der Waals surface area contributed by atoms with Gasteiger partial charge in [-0.2, -0.15) is 0 Å². The SMILES string of the molecule is COc1cccc([C@@H]2C[C@H](O)CN2Cc2nc(C)c(C)o2)c1. The molecule has 0 spiro atoms. The van der Waals surface area contributed by atoms with E-state index in [1.54, 1.807) is 7.11 Å². The van der Waals surface area contributed by atoms with E-state index in [9.17, 15) is 5.11 Å². The zero-order chi connectivity index (χ0) is 15.7. The van der Waals surface area contributed by atoms with E-state index in [1.165, 1.54) is 0 Å². The third kappa shape index (κ3) is 3.00. The molecule has 2 heterocycles. The van der Waals surface area contributed by atoms with Crippen molar-refractivity contribution in [1.29, 1.82) is 0 Å². The van der Waals surface area contributed by atoms with Gasteiger partial charge in [-0.05, 0) is 38.0 Å². The molecule has 118 valence electrons. The Morgan fingerprint density at radius 2 is 2.23 bits per heavy atom. The number of likely N-dealkylation sites (tertiary alicyclic amines) is 1. The number of ether oxygens (including phenoxy) is 1. The van der Waals surface area contributed by atoms with E-state index < -0.39 is 0 Å². The van der Waals surface area contributed by atoms with Gasteiger partial charge in [0.05, 0.1) is 25.5 Å². The van der Waals surface area contributed by atoms with Crippen LogP contribution in [0.1, 0.15) is 35.4 Å². The van der Waals surface area contributed by atoms with Crippen molar-refractivity contribution in [3.63, 3.8) is 0 Å². The van der Waals surface area contributed by atoms with Gasteiger partial charge in [-0.3, -0.25) is 4.90 Å². The molecule has 1 aromatic heterocycles. The van der Waals surface area contributed by atoms with Crippen molar-refractivity contribution in [2.24, 2.45) is 0 Å². The highest BCUT2D eigenvalue weighted by Gasteiger charge is 2.33. The molecule has 1 aliphatic heterocycles. The number of aliphatic hydroxyl groups excluding tert-OH is 1. The molecule has 1 N–H and O–H groups in total. The minimum absolute atomic E-state index is 0.151. The standard InChI is InChI=1S/C17H22N2O3/c1-11-12(2)22-17(18-11)10-19-9-14(20)8-16(19)13-5-4-6-15(7-13)21-3/h4-7,14,16,20H,8-10H2,1-3H3/t14-,16-/m0/s1. The molecule has 0 amide bonds. The summed E-state index contributed by atoms with van der Waals surface area (Å²) in [4.78, 5) is 6.66. The molecule has 0 radical (unpaired) electrons. The van der Waals surface area contributed by atoms with E-state index >= 15 is 0 Å². The lowest BCUT2D eigenvalue weighted by Crippen LogP contribution is -2.24. The number of aromatic nitrogens is 1. The Balaban J connectivity index is 1.82. The van der Waals surface area contributed by atoms with Crippen LogP contribution >= 0.6 is 0 Å². The third-order valence-corrected chi connectivity index (χ3v) is 4.27. The number of β-amino-alcohol motifs (C(OH)–C–C–N with tert-alkyl or cyclic N) is 1. The number of oxazole rings is 1. The van der Waals surface area contributed by atoms with E-state index in [0.29, 0.717) is 25.4 Å². The molecule has 22 heavy (non-hydrogen) atoms. The van der Waals surface area contributed by atoms with Crippen molar-refractivity contribution in [2.75, 3.05) is 13.7 Å². The smallest absolute Gasteiger partial charge is 0.208 e. The second-order valence-corrected chi connectivity index (χ2v) is 5.86. The first-order valence-corrected chi connectivity index (χ1v) is 7.56.